The minimum absolute atomic E-state index is 0.467. The zero-order valence-electron chi connectivity index (χ0n) is 10.5. The lowest BCUT2D eigenvalue weighted by Crippen LogP contribution is -2.06. The van der Waals surface area contributed by atoms with Crippen molar-refractivity contribution >= 4 is 11.3 Å². The van der Waals surface area contributed by atoms with Gasteiger partial charge in [-0.1, -0.05) is 12.1 Å². The van der Waals surface area contributed by atoms with E-state index in [0.29, 0.717) is 5.56 Å². The molecule has 1 heterocycles. The summed E-state index contributed by atoms with van der Waals surface area (Å²) in [7, 11) is 0. The summed E-state index contributed by atoms with van der Waals surface area (Å²) in [6.07, 6.45) is -5.23. The van der Waals surface area contributed by atoms with Gasteiger partial charge < -0.3 is 5.11 Å². The molecule has 0 aliphatic heterocycles. The molecule has 0 radical (unpaired) electrons. The molecule has 0 saturated heterocycles. The number of hydrogen-bond acceptors (Lipinski definition) is 2. The van der Waals surface area contributed by atoms with Crippen molar-refractivity contribution in [1.82, 2.24) is 0 Å². The summed E-state index contributed by atoms with van der Waals surface area (Å²) in [5.74, 6) is 0. The van der Waals surface area contributed by atoms with Crippen LogP contribution in [0.25, 0.3) is 0 Å². The van der Waals surface area contributed by atoms with Gasteiger partial charge in [-0.25, -0.2) is 0 Å². The molecule has 0 aliphatic rings. The third-order valence-electron chi connectivity index (χ3n) is 2.93. The predicted octanol–water partition coefficient (Wildman–Crippen LogP) is 4.47. The smallest absolute Gasteiger partial charge is 0.384 e. The lowest BCUT2D eigenvalue weighted by molar-refractivity contribution is -0.137. The predicted molar refractivity (Wildman–Crippen MR) is 69.3 cm³/mol. The molecule has 2 rings (SSSR count). The lowest BCUT2D eigenvalue weighted by Gasteiger charge is -2.12. The van der Waals surface area contributed by atoms with Gasteiger partial charge in [0, 0.05) is 9.75 Å². The average Bonchev–Trinajstić information content (AvgIpc) is 2.66. The number of hydrogen-bond donors (Lipinski definition) is 1. The van der Waals surface area contributed by atoms with Crippen molar-refractivity contribution in [1.29, 1.82) is 0 Å². The van der Waals surface area contributed by atoms with Crippen LogP contribution in [0.3, 0.4) is 0 Å². The fraction of sp³-hybridized carbons (Fsp3) is 0.286. The van der Waals surface area contributed by atoms with Gasteiger partial charge in [-0.15, -0.1) is 11.3 Å². The molecule has 1 aromatic carbocycles. The molecule has 1 atom stereocenters. The van der Waals surface area contributed by atoms with Crippen LogP contribution in [0, 0.1) is 13.8 Å². The van der Waals surface area contributed by atoms with Crippen LogP contribution in [0.1, 0.15) is 32.5 Å². The Morgan fingerprint density at radius 2 is 1.68 bits per heavy atom. The quantitative estimate of drug-likeness (QED) is 0.864. The molecule has 5 heteroatoms. The van der Waals surface area contributed by atoms with E-state index < -0.39 is 17.8 Å². The first-order valence-corrected chi connectivity index (χ1v) is 6.53. The molecule has 1 N–H and O–H groups in total. The van der Waals surface area contributed by atoms with Gasteiger partial charge in [-0.3, -0.25) is 0 Å². The third kappa shape index (κ3) is 2.98. The second-order valence-corrected chi connectivity index (χ2v) is 5.85. The maximum Gasteiger partial charge on any atom is 0.416 e. The number of alkyl halides is 3. The summed E-state index contributed by atoms with van der Waals surface area (Å²) in [5.41, 5.74) is 0.512. The standard InChI is InChI=1S/C14H13F3OS/c1-8-7-12(9(2)19-8)13(18)10-3-5-11(6-4-10)14(15,16)17/h3-7,13,18H,1-2H3. The molecule has 0 aliphatic carbocycles. The van der Waals surface area contributed by atoms with E-state index in [1.54, 1.807) is 11.3 Å². The molecule has 0 spiro atoms. The highest BCUT2D eigenvalue weighted by molar-refractivity contribution is 7.12. The monoisotopic (exact) mass is 286 g/mol. The molecule has 19 heavy (non-hydrogen) atoms. The van der Waals surface area contributed by atoms with E-state index >= 15 is 0 Å². The Bertz CT molecular complexity index is 569. The van der Waals surface area contributed by atoms with Gasteiger partial charge in [0.05, 0.1) is 5.56 Å². The minimum Gasteiger partial charge on any atom is -0.384 e. The molecule has 1 nitrogen and oxygen atoms in total. The van der Waals surface area contributed by atoms with Gasteiger partial charge in [0.25, 0.3) is 0 Å². The van der Waals surface area contributed by atoms with Crippen LogP contribution < -0.4 is 0 Å². The summed E-state index contributed by atoms with van der Waals surface area (Å²) in [4.78, 5) is 2.04. The highest BCUT2D eigenvalue weighted by atomic mass is 32.1. The van der Waals surface area contributed by atoms with E-state index in [1.807, 2.05) is 19.9 Å². The first-order chi connectivity index (χ1) is 8.79. The average molecular weight is 286 g/mol. The van der Waals surface area contributed by atoms with Crippen LogP contribution in [0.4, 0.5) is 13.2 Å². The number of halogens is 3. The Kier molecular flexibility index (Phi) is 3.69. The number of aryl methyl sites for hydroxylation is 2. The number of aliphatic hydroxyl groups excluding tert-OH is 1. The molecule has 1 unspecified atom stereocenters. The molecule has 0 saturated carbocycles. The molecule has 0 amide bonds. The molecular weight excluding hydrogens is 273 g/mol. The lowest BCUT2D eigenvalue weighted by atomic mass is 10.0. The van der Waals surface area contributed by atoms with Crippen LogP contribution in [0.15, 0.2) is 30.3 Å². The number of thiophene rings is 1. The van der Waals surface area contributed by atoms with Gasteiger partial charge >= 0.3 is 6.18 Å². The first kappa shape index (κ1) is 14.1. The van der Waals surface area contributed by atoms with Crippen LogP contribution >= 0.6 is 11.3 Å². The Labute approximate surface area is 113 Å². The second-order valence-electron chi connectivity index (χ2n) is 4.39. The summed E-state index contributed by atoms with van der Waals surface area (Å²) in [6, 6.07) is 6.49. The van der Waals surface area contributed by atoms with Crippen molar-refractivity contribution in [2.75, 3.05) is 0 Å². The van der Waals surface area contributed by atoms with E-state index in [4.69, 9.17) is 0 Å². The van der Waals surface area contributed by atoms with E-state index in [9.17, 15) is 18.3 Å². The second kappa shape index (κ2) is 4.98. The minimum atomic E-state index is -4.35. The molecule has 1 aromatic heterocycles. The van der Waals surface area contributed by atoms with E-state index in [1.165, 1.54) is 12.1 Å². The topological polar surface area (TPSA) is 20.2 Å². The third-order valence-corrected chi connectivity index (χ3v) is 3.91. The SMILES string of the molecule is Cc1cc(C(O)c2ccc(C(F)(F)F)cc2)c(C)s1. The van der Waals surface area contributed by atoms with Crippen molar-refractivity contribution in [3.63, 3.8) is 0 Å². The summed E-state index contributed by atoms with van der Waals surface area (Å²) >= 11 is 1.56. The number of benzene rings is 1. The largest absolute Gasteiger partial charge is 0.416 e. The van der Waals surface area contributed by atoms with Crippen molar-refractivity contribution < 1.29 is 18.3 Å². The molecular formula is C14H13F3OS. The molecule has 0 fully saturated rings. The Balaban J connectivity index is 2.30. The maximum atomic E-state index is 12.5. The first-order valence-electron chi connectivity index (χ1n) is 5.71. The van der Waals surface area contributed by atoms with Gasteiger partial charge in [0.1, 0.15) is 6.10 Å². The summed E-state index contributed by atoms with van der Waals surface area (Å²) in [6.45, 7) is 3.82. The molecule has 2 aromatic rings. The molecule has 102 valence electrons. The highest BCUT2D eigenvalue weighted by Gasteiger charge is 2.30. The summed E-state index contributed by atoms with van der Waals surface area (Å²) < 4.78 is 37.4. The van der Waals surface area contributed by atoms with E-state index in [2.05, 4.69) is 0 Å². The maximum absolute atomic E-state index is 12.5. The van der Waals surface area contributed by atoms with Gasteiger partial charge in [-0.05, 0) is 43.2 Å². The number of aliphatic hydroxyl groups is 1. The normalized spacial score (nSPS) is 13.6. The van der Waals surface area contributed by atoms with Gasteiger partial charge in [0.15, 0.2) is 0 Å². The van der Waals surface area contributed by atoms with Crippen molar-refractivity contribution in [3.05, 3.63) is 56.8 Å². The van der Waals surface area contributed by atoms with Crippen molar-refractivity contribution in [2.45, 2.75) is 26.1 Å². The fourth-order valence-corrected chi connectivity index (χ4v) is 2.91. The van der Waals surface area contributed by atoms with Gasteiger partial charge in [-0.2, -0.15) is 13.2 Å². The van der Waals surface area contributed by atoms with Crippen LogP contribution in [-0.4, -0.2) is 5.11 Å². The fourth-order valence-electron chi connectivity index (χ4n) is 1.96. The van der Waals surface area contributed by atoms with Crippen LogP contribution in [0.2, 0.25) is 0 Å². The van der Waals surface area contributed by atoms with Crippen molar-refractivity contribution in [3.8, 4) is 0 Å². The molecule has 0 bridgehead atoms. The van der Waals surface area contributed by atoms with Gasteiger partial charge in [0.2, 0.25) is 0 Å². The van der Waals surface area contributed by atoms with E-state index in [-0.39, 0.29) is 0 Å². The van der Waals surface area contributed by atoms with Crippen LogP contribution in [-0.2, 0) is 6.18 Å². The Hall–Kier alpha value is -1.33. The van der Waals surface area contributed by atoms with Crippen LogP contribution in [0.5, 0.6) is 0 Å². The number of rotatable bonds is 2. The Morgan fingerprint density at radius 3 is 2.11 bits per heavy atom. The zero-order valence-corrected chi connectivity index (χ0v) is 11.3. The summed E-state index contributed by atoms with van der Waals surface area (Å²) in [5, 5.41) is 10.2. The highest BCUT2D eigenvalue weighted by Crippen LogP contribution is 2.33. The van der Waals surface area contributed by atoms with E-state index in [0.717, 1.165) is 27.5 Å². The Morgan fingerprint density at radius 1 is 1.11 bits per heavy atom. The van der Waals surface area contributed by atoms with Crippen molar-refractivity contribution in [2.24, 2.45) is 0 Å². The zero-order chi connectivity index (χ0) is 14.2.